The number of carbonyl (C=O) groups is 1. The summed E-state index contributed by atoms with van der Waals surface area (Å²) in [7, 11) is 3.44. The third-order valence-electron chi connectivity index (χ3n) is 6.05. The first-order chi connectivity index (χ1) is 16.8. The van der Waals surface area contributed by atoms with Crippen LogP contribution < -0.4 is 4.74 Å². The van der Waals surface area contributed by atoms with Crippen molar-refractivity contribution in [1.29, 1.82) is 0 Å². The number of hydrogen-bond acceptors (Lipinski definition) is 7. The molecule has 9 nitrogen and oxygen atoms in total. The van der Waals surface area contributed by atoms with E-state index in [2.05, 4.69) is 15.3 Å². The van der Waals surface area contributed by atoms with Crippen molar-refractivity contribution in [3.05, 3.63) is 52.0 Å². The minimum atomic E-state index is 0.0152. The molecule has 1 aromatic carbocycles. The Morgan fingerprint density at radius 1 is 1.23 bits per heavy atom. The van der Waals surface area contributed by atoms with Crippen LogP contribution in [-0.4, -0.2) is 49.4 Å². The van der Waals surface area contributed by atoms with Crippen molar-refractivity contribution >= 4 is 28.5 Å². The van der Waals surface area contributed by atoms with E-state index >= 15 is 0 Å². The highest BCUT2D eigenvalue weighted by atomic mass is 35.5. The Bertz CT molecular complexity index is 1360. The number of halogens is 1. The Hall–Kier alpha value is -3.46. The Morgan fingerprint density at radius 2 is 2.00 bits per heavy atom. The number of aromatic nitrogens is 5. The molecular weight excluding hydrogens is 468 g/mol. The Labute approximate surface area is 209 Å². The van der Waals surface area contributed by atoms with Crippen LogP contribution in [-0.2, 0) is 24.8 Å². The van der Waals surface area contributed by atoms with Crippen LogP contribution in [0.15, 0.2) is 28.7 Å². The highest BCUT2D eigenvalue weighted by Crippen LogP contribution is 2.31. The van der Waals surface area contributed by atoms with Crippen molar-refractivity contribution in [3.63, 3.8) is 0 Å². The highest BCUT2D eigenvalue weighted by Gasteiger charge is 2.21. The standard InChI is InChI=1S/C25H29ClN6O3/c1-6-13-32(14-20-28-29-24(35-20)18-9-7-8-10-19(18)26)21(33)12-11-17-15(2)22-23(27-16(17)3)31(4)30-25(22)34-5/h7-10H,6,11-14H2,1-5H3. The maximum atomic E-state index is 13.2. The van der Waals surface area contributed by atoms with Gasteiger partial charge in [-0.3, -0.25) is 4.79 Å². The number of ether oxygens (including phenoxy) is 1. The molecule has 0 aliphatic rings. The molecule has 184 valence electrons. The van der Waals surface area contributed by atoms with Crippen LogP contribution in [0.5, 0.6) is 5.88 Å². The summed E-state index contributed by atoms with van der Waals surface area (Å²) in [6.07, 6.45) is 1.71. The molecule has 0 saturated carbocycles. The highest BCUT2D eigenvalue weighted by molar-refractivity contribution is 6.33. The molecule has 0 bridgehead atoms. The number of rotatable bonds is 9. The van der Waals surface area contributed by atoms with Crippen LogP contribution >= 0.6 is 11.6 Å². The van der Waals surface area contributed by atoms with E-state index in [0.717, 1.165) is 34.3 Å². The average Bonchev–Trinajstić information content (AvgIpc) is 3.43. The molecule has 3 aromatic heterocycles. The van der Waals surface area contributed by atoms with Crippen molar-refractivity contribution in [2.45, 2.75) is 46.6 Å². The van der Waals surface area contributed by atoms with E-state index in [9.17, 15) is 4.79 Å². The minimum absolute atomic E-state index is 0.0152. The lowest BCUT2D eigenvalue weighted by Crippen LogP contribution is -2.31. The lowest BCUT2D eigenvalue weighted by atomic mass is 10.00. The monoisotopic (exact) mass is 496 g/mol. The van der Waals surface area contributed by atoms with Crippen LogP contribution in [0.4, 0.5) is 0 Å². The first-order valence-corrected chi connectivity index (χ1v) is 11.9. The molecule has 0 N–H and O–H groups in total. The number of carbonyl (C=O) groups excluding carboxylic acids is 1. The summed E-state index contributed by atoms with van der Waals surface area (Å²) in [4.78, 5) is 19.7. The van der Waals surface area contributed by atoms with E-state index in [1.165, 1.54) is 0 Å². The number of amides is 1. The normalized spacial score (nSPS) is 11.3. The molecule has 0 aliphatic heterocycles. The number of hydrogen-bond donors (Lipinski definition) is 0. The van der Waals surface area contributed by atoms with E-state index in [-0.39, 0.29) is 12.5 Å². The molecule has 3 heterocycles. The number of aryl methyl sites for hydroxylation is 3. The lowest BCUT2D eigenvalue weighted by molar-refractivity contribution is -0.132. The zero-order chi connectivity index (χ0) is 25.1. The summed E-state index contributed by atoms with van der Waals surface area (Å²) >= 11 is 6.25. The number of pyridine rings is 1. The first kappa shape index (κ1) is 24.7. The Balaban J connectivity index is 1.50. The van der Waals surface area contributed by atoms with Crippen LogP contribution in [0.3, 0.4) is 0 Å². The summed E-state index contributed by atoms with van der Waals surface area (Å²) < 4.78 is 13.0. The average molecular weight is 497 g/mol. The zero-order valence-corrected chi connectivity index (χ0v) is 21.4. The number of nitrogens with zero attached hydrogens (tertiary/aromatic N) is 6. The molecule has 0 unspecified atom stereocenters. The molecule has 4 aromatic rings. The zero-order valence-electron chi connectivity index (χ0n) is 20.6. The van der Waals surface area contributed by atoms with Crippen LogP contribution in [0.1, 0.15) is 42.5 Å². The van der Waals surface area contributed by atoms with Crippen molar-refractivity contribution in [3.8, 4) is 17.3 Å². The maximum absolute atomic E-state index is 13.2. The summed E-state index contributed by atoms with van der Waals surface area (Å²) in [5, 5.41) is 14.1. The van der Waals surface area contributed by atoms with E-state index in [4.69, 9.17) is 25.7 Å². The third-order valence-corrected chi connectivity index (χ3v) is 6.38. The summed E-state index contributed by atoms with van der Waals surface area (Å²) in [6.45, 7) is 6.86. The molecule has 0 atom stereocenters. The van der Waals surface area contributed by atoms with Gasteiger partial charge >= 0.3 is 0 Å². The number of fused-ring (bicyclic) bond motifs is 1. The van der Waals surface area contributed by atoms with E-state index < -0.39 is 0 Å². The predicted octanol–water partition coefficient (Wildman–Crippen LogP) is 4.67. The van der Waals surface area contributed by atoms with Crippen LogP contribution in [0, 0.1) is 13.8 Å². The van der Waals surface area contributed by atoms with Gasteiger partial charge in [-0.05, 0) is 49.9 Å². The van der Waals surface area contributed by atoms with Crippen molar-refractivity contribution in [1.82, 2.24) is 29.9 Å². The van der Waals surface area contributed by atoms with Crippen molar-refractivity contribution in [2.24, 2.45) is 7.05 Å². The van der Waals surface area contributed by atoms with Crippen LogP contribution in [0.25, 0.3) is 22.5 Å². The molecule has 4 rings (SSSR count). The molecular formula is C25H29ClN6O3. The van der Waals surface area contributed by atoms with Gasteiger partial charge in [-0.25, -0.2) is 9.67 Å². The smallest absolute Gasteiger partial charge is 0.249 e. The Kier molecular flexibility index (Phi) is 7.35. The van der Waals surface area contributed by atoms with E-state index in [1.54, 1.807) is 22.8 Å². The van der Waals surface area contributed by atoms with Gasteiger partial charge in [-0.2, -0.15) is 0 Å². The SMILES string of the molecule is CCCN(Cc1nnc(-c2ccccc2Cl)o1)C(=O)CCc1c(C)nc2c(c(OC)nn2C)c1C. The quantitative estimate of drug-likeness (QED) is 0.332. The fourth-order valence-corrected chi connectivity index (χ4v) is 4.50. The van der Waals surface area contributed by atoms with Crippen molar-refractivity contribution < 1.29 is 13.9 Å². The van der Waals surface area contributed by atoms with Gasteiger partial charge in [0.05, 0.1) is 29.6 Å². The van der Waals surface area contributed by atoms with Gasteiger partial charge in [0.2, 0.25) is 23.6 Å². The second-order valence-corrected chi connectivity index (χ2v) is 8.84. The molecule has 0 aliphatic carbocycles. The topological polar surface area (TPSA) is 99.2 Å². The molecule has 35 heavy (non-hydrogen) atoms. The summed E-state index contributed by atoms with van der Waals surface area (Å²) in [5.74, 6) is 1.27. The largest absolute Gasteiger partial charge is 0.479 e. The van der Waals surface area contributed by atoms with Gasteiger partial charge in [0, 0.05) is 25.7 Å². The number of benzene rings is 1. The molecule has 0 fully saturated rings. The van der Waals surface area contributed by atoms with Gasteiger partial charge in [-0.15, -0.1) is 15.3 Å². The first-order valence-electron chi connectivity index (χ1n) is 11.6. The maximum Gasteiger partial charge on any atom is 0.249 e. The fourth-order valence-electron chi connectivity index (χ4n) is 4.28. The predicted molar refractivity (Wildman–Crippen MR) is 133 cm³/mol. The third kappa shape index (κ3) is 5.00. The van der Waals surface area contributed by atoms with Gasteiger partial charge in [0.15, 0.2) is 5.65 Å². The van der Waals surface area contributed by atoms with Crippen molar-refractivity contribution in [2.75, 3.05) is 13.7 Å². The fraction of sp³-hybridized carbons (Fsp3) is 0.400. The molecule has 0 spiro atoms. The van der Waals surface area contributed by atoms with E-state index in [1.807, 2.05) is 46.0 Å². The molecule has 0 saturated heterocycles. The molecule has 1 amide bonds. The second kappa shape index (κ2) is 10.4. The molecule has 10 heteroatoms. The van der Waals surface area contributed by atoms with Gasteiger partial charge in [-0.1, -0.05) is 30.7 Å². The summed E-state index contributed by atoms with van der Waals surface area (Å²) in [5.41, 5.74) is 4.39. The number of methoxy groups -OCH3 is 1. The lowest BCUT2D eigenvalue weighted by Gasteiger charge is -2.21. The van der Waals surface area contributed by atoms with Gasteiger partial charge in [0.1, 0.15) is 0 Å². The second-order valence-electron chi connectivity index (χ2n) is 8.43. The van der Waals surface area contributed by atoms with Gasteiger partial charge < -0.3 is 14.1 Å². The molecule has 0 radical (unpaired) electrons. The Morgan fingerprint density at radius 3 is 2.71 bits per heavy atom. The minimum Gasteiger partial charge on any atom is -0.479 e. The summed E-state index contributed by atoms with van der Waals surface area (Å²) in [6, 6.07) is 7.29. The van der Waals surface area contributed by atoms with Crippen LogP contribution in [0.2, 0.25) is 5.02 Å². The van der Waals surface area contributed by atoms with Gasteiger partial charge in [0.25, 0.3) is 0 Å². The van der Waals surface area contributed by atoms with E-state index in [0.29, 0.717) is 47.6 Å².